The van der Waals surface area contributed by atoms with Gasteiger partial charge in [-0.05, 0) is 84.4 Å². The van der Waals surface area contributed by atoms with Crippen molar-refractivity contribution in [1.29, 1.82) is 5.26 Å². The molecule has 2 aromatic rings. The van der Waals surface area contributed by atoms with E-state index in [1.807, 2.05) is 0 Å². The molecule has 1 saturated heterocycles. The van der Waals surface area contributed by atoms with Crippen molar-refractivity contribution in [3.63, 3.8) is 0 Å². The van der Waals surface area contributed by atoms with Gasteiger partial charge in [-0.15, -0.1) is 0 Å². The van der Waals surface area contributed by atoms with Crippen LogP contribution in [0.15, 0.2) is 41.1 Å². The molecular formula is C20H21N3OS. The van der Waals surface area contributed by atoms with Crippen LogP contribution in [0.5, 0.6) is 0 Å². The van der Waals surface area contributed by atoms with Gasteiger partial charge in [-0.2, -0.15) is 16.6 Å². The molecular weight excluding hydrogens is 330 g/mol. The minimum Gasteiger partial charge on any atom is -0.331 e. The molecule has 2 fully saturated rings. The maximum absolute atomic E-state index is 13.2. The molecule has 5 heteroatoms. The van der Waals surface area contributed by atoms with E-state index in [1.165, 1.54) is 5.56 Å². The van der Waals surface area contributed by atoms with Crippen molar-refractivity contribution in [3.05, 3.63) is 57.8 Å². The van der Waals surface area contributed by atoms with Crippen LogP contribution in [-0.4, -0.2) is 29.9 Å². The van der Waals surface area contributed by atoms with Gasteiger partial charge in [0.25, 0.3) is 5.91 Å². The predicted octanol–water partition coefficient (Wildman–Crippen LogP) is 3.40. The Morgan fingerprint density at radius 3 is 2.68 bits per heavy atom. The fourth-order valence-electron chi connectivity index (χ4n) is 3.98. The molecule has 4 nitrogen and oxygen atoms in total. The Balaban J connectivity index is 1.58. The maximum atomic E-state index is 13.2. The smallest absolute Gasteiger partial charge is 0.254 e. The number of carbonyl (C=O) groups is 1. The standard InChI is InChI=1S/C20H21N3OS/c21-12-15-1-3-17(4-2-15)19(24)23(13-16-5-10-25-14-16)18-11-20(18)6-8-22-9-7-20/h1-5,10,14,18,22H,6-9,11,13H2/t18-/m1/s1. The summed E-state index contributed by atoms with van der Waals surface area (Å²) in [7, 11) is 0. The van der Waals surface area contributed by atoms with E-state index < -0.39 is 0 Å². The lowest BCUT2D eigenvalue weighted by Crippen LogP contribution is -2.39. The van der Waals surface area contributed by atoms with E-state index in [1.54, 1.807) is 35.6 Å². The molecule has 128 valence electrons. The number of nitriles is 1. The van der Waals surface area contributed by atoms with Crippen molar-refractivity contribution in [2.45, 2.75) is 31.8 Å². The molecule has 4 rings (SSSR count). The molecule has 1 aliphatic heterocycles. The molecule has 1 spiro atoms. The Labute approximate surface area is 152 Å². The van der Waals surface area contributed by atoms with Gasteiger partial charge in [-0.1, -0.05) is 0 Å². The molecule has 25 heavy (non-hydrogen) atoms. The molecule has 0 radical (unpaired) electrons. The zero-order chi connectivity index (χ0) is 17.3. The highest BCUT2D eigenvalue weighted by Crippen LogP contribution is 2.56. The maximum Gasteiger partial charge on any atom is 0.254 e. The highest BCUT2D eigenvalue weighted by Gasteiger charge is 2.57. The highest BCUT2D eigenvalue weighted by molar-refractivity contribution is 7.07. The first kappa shape index (κ1) is 16.3. The van der Waals surface area contributed by atoms with Crippen LogP contribution in [0, 0.1) is 16.7 Å². The minimum absolute atomic E-state index is 0.0797. The lowest BCUT2D eigenvalue weighted by molar-refractivity contribution is 0.0692. The Hall–Kier alpha value is -2.16. The normalized spacial score (nSPS) is 20.8. The van der Waals surface area contributed by atoms with Gasteiger partial charge in [-0.3, -0.25) is 4.79 Å². The number of nitrogens with one attached hydrogen (secondary N) is 1. The monoisotopic (exact) mass is 351 g/mol. The summed E-state index contributed by atoms with van der Waals surface area (Å²) in [5.74, 6) is 0.0797. The SMILES string of the molecule is N#Cc1ccc(C(=O)N(Cc2ccsc2)[C@@H]2CC23CCNCC3)cc1. The van der Waals surface area contributed by atoms with Crippen LogP contribution < -0.4 is 5.32 Å². The van der Waals surface area contributed by atoms with E-state index in [0.29, 0.717) is 29.1 Å². The summed E-state index contributed by atoms with van der Waals surface area (Å²) in [6.45, 7) is 2.77. The molecule has 1 aromatic heterocycles. The molecule has 1 atom stereocenters. The number of rotatable bonds is 4. The number of carbonyl (C=O) groups excluding carboxylic acids is 1. The van der Waals surface area contributed by atoms with E-state index in [2.05, 4.69) is 33.1 Å². The van der Waals surface area contributed by atoms with Gasteiger partial charge in [0.05, 0.1) is 11.6 Å². The Morgan fingerprint density at radius 2 is 2.04 bits per heavy atom. The Morgan fingerprint density at radius 1 is 1.28 bits per heavy atom. The van der Waals surface area contributed by atoms with Crippen molar-refractivity contribution in [2.75, 3.05) is 13.1 Å². The number of benzene rings is 1. The third-order valence-corrected chi connectivity index (χ3v) is 6.31. The van der Waals surface area contributed by atoms with Crippen LogP contribution in [-0.2, 0) is 6.54 Å². The van der Waals surface area contributed by atoms with Gasteiger partial charge < -0.3 is 10.2 Å². The van der Waals surface area contributed by atoms with Crippen LogP contribution >= 0.6 is 11.3 Å². The largest absolute Gasteiger partial charge is 0.331 e. The summed E-state index contributed by atoms with van der Waals surface area (Å²) < 4.78 is 0. The highest BCUT2D eigenvalue weighted by atomic mass is 32.1. The zero-order valence-electron chi connectivity index (χ0n) is 14.1. The summed E-state index contributed by atoms with van der Waals surface area (Å²) in [5.41, 5.74) is 2.76. The minimum atomic E-state index is 0.0797. The fraction of sp³-hybridized carbons (Fsp3) is 0.400. The van der Waals surface area contributed by atoms with E-state index in [4.69, 9.17) is 5.26 Å². The number of amides is 1. The first-order valence-electron chi connectivity index (χ1n) is 8.75. The van der Waals surface area contributed by atoms with E-state index in [0.717, 1.165) is 32.4 Å². The number of hydrogen-bond donors (Lipinski definition) is 1. The summed E-state index contributed by atoms with van der Waals surface area (Å²) in [6, 6.07) is 11.5. The van der Waals surface area contributed by atoms with Crippen LogP contribution in [0.3, 0.4) is 0 Å². The first-order valence-corrected chi connectivity index (χ1v) is 9.69. The summed E-state index contributed by atoms with van der Waals surface area (Å²) in [4.78, 5) is 15.3. The fourth-order valence-corrected chi connectivity index (χ4v) is 4.64. The molecule has 2 heterocycles. The Bertz CT molecular complexity index is 785. The lowest BCUT2D eigenvalue weighted by atomic mass is 9.93. The van der Waals surface area contributed by atoms with Crippen molar-refractivity contribution < 1.29 is 4.79 Å². The zero-order valence-corrected chi connectivity index (χ0v) is 14.9. The van der Waals surface area contributed by atoms with E-state index in [9.17, 15) is 4.79 Å². The van der Waals surface area contributed by atoms with E-state index >= 15 is 0 Å². The third kappa shape index (κ3) is 3.20. The van der Waals surface area contributed by atoms with Crippen molar-refractivity contribution in [3.8, 4) is 6.07 Å². The van der Waals surface area contributed by atoms with Gasteiger partial charge in [0, 0.05) is 18.2 Å². The second-order valence-electron chi connectivity index (χ2n) is 7.09. The van der Waals surface area contributed by atoms with Crippen LogP contribution in [0.2, 0.25) is 0 Å². The quantitative estimate of drug-likeness (QED) is 0.918. The summed E-state index contributed by atoms with van der Waals surface area (Å²) >= 11 is 1.67. The van der Waals surface area contributed by atoms with Crippen molar-refractivity contribution >= 4 is 17.2 Å². The van der Waals surface area contributed by atoms with Crippen molar-refractivity contribution in [1.82, 2.24) is 10.2 Å². The second-order valence-corrected chi connectivity index (χ2v) is 7.87. The molecule has 1 N–H and O–H groups in total. The molecule has 1 saturated carbocycles. The Kier molecular flexibility index (Phi) is 4.32. The second kappa shape index (κ2) is 6.62. The van der Waals surface area contributed by atoms with Crippen LogP contribution in [0.25, 0.3) is 0 Å². The molecule has 1 aromatic carbocycles. The van der Waals surface area contributed by atoms with Crippen LogP contribution in [0.1, 0.15) is 40.7 Å². The first-order chi connectivity index (χ1) is 12.2. The predicted molar refractivity (Wildman–Crippen MR) is 98.3 cm³/mol. The number of hydrogen-bond acceptors (Lipinski definition) is 4. The topological polar surface area (TPSA) is 56.1 Å². The lowest BCUT2D eigenvalue weighted by Gasteiger charge is -2.29. The average molecular weight is 351 g/mol. The van der Waals surface area contributed by atoms with Crippen molar-refractivity contribution in [2.24, 2.45) is 5.41 Å². The van der Waals surface area contributed by atoms with Gasteiger partial charge in [0.15, 0.2) is 0 Å². The molecule has 0 unspecified atom stereocenters. The van der Waals surface area contributed by atoms with E-state index in [-0.39, 0.29) is 5.91 Å². The third-order valence-electron chi connectivity index (χ3n) is 5.58. The average Bonchev–Trinajstić information content (AvgIpc) is 3.08. The molecule has 1 amide bonds. The van der Waals surface area contributed by atoms with Crippen LogP contribution in [0.4, 0.5) is 0 Å². The van der Waals surface area contributed by atoms with Gasteiger partial charge in [-0.25, -0.2) is 0 Å². The number of piperidine rings is 1. The summed E-state index contributed by atoms with van der Waals surface area (Å²) in [6.07, 6.45) is 3.41. The molecule has 0 bridgehead atoms. The molecule has 1 aliphatic carbocycles. The number of nitrogens with zero attached hydrogens (tertiary/aromatic N) is 2. The van der Waals surface area contributed by atoms with Gasteiger partial charge in [0.1, 0.15) is 0 Å². The number of thiophene rings is 1. The van der Waals surface area contributed by atoms with Gasteiger partial charge >= 0.3 is 0 Å². The summed E-state index contributed by atoms with van der Waals surface area (Å²) in [5, 5.41) is 16.6. The van der Waals surface area contributed by atoms with Gasteiger partial charge in [0.2, 0.25) is 0 Å². The molecule has 2 aliphatic rings.